The van der Waals surface area contributed by atoms with E-state index in [-0.39, 0.29) is 50.8 Å². The van der Waals surface area contributed by atoms with Gasteiger partial charge in [-0.1, -0.05) is 13.3 Å². The lowest BCUT2D eigenvalue weighted by atomic mass is 10.0. The summed E-state index contributed by atoms with van der Waals surface area (Å²) >= 11 is 0. The molecule has 0 aromatic carbocycles. The summed E-state index contributed by atoms with van der Waals surface area (Å²) < 4.78 is 39.9. The zero-order valence-corrected chi connectivity index (χ0v) is 33.9. The molecule has 8 fully saturated rings. The Bertz CT molecular complexity index is 719. The van der Waals surface area contributed by atoms with Gasteiger partial charge in [-0.15, -0.1) is 0 Å². The largest absolute Gasteiger partial charge is 0.396 e. The summed E-state index contributed by atoms with van der Waals surface area (Å²) in [5, 5.41) is 59.0. The molecule has 8 aliphatic rings. The predicted octanol–water partition coefficient (Wildman–Crippen LogP) is 2.35. The van der Waals surface area contributed by atoms with Gasteiger partial charge < -0.3 is 73.6 Å². The molecule has 8 aliphatic heterocycles. The van der Waals surface area contributed by atoms with E-state index in [1.165, 1.54) is 32.1 Å². The maximum absolute atomic E-state index is 8.61. The lowest BCUT2D eigenvalue weighted by Crippen LogP contribution is -2.29. The average Bonchev–Trinajstić information content (AvgIpc) is 3.79. The van der Waals surface area contributed by atoms with Crippen LogP contribution in [-0.2, 0) is 37.9 Å². The van der Waals surface area contributed by atoms with Crippen molar-refractivity contribution in [2.75, 3.05) is 106 Å². The summed E-state index contributed by atoms with van der Waals surface area (Å²) in [7, 11) is 0. The van der Waals surface area contributed by atoms with Crippen molar-refractivity contribution < 1.29 is 73.6 Å². The second-order valence-corrected chi connectivity index (χ2v) is 14.7. The van der Waals surface area contributed by atoms with E-state index in [4.69, 9.17) is 68.9 Å². The van der Waals surface area contributed by atoms with Crippen LogP contribution in [0.1, 0.15) is 103 Å². The molecule has 0 aromatic rings. The molecule has 0 spiro atoms. The highest BCUT2D eigenvalue weighted by atomic mass is 16.6. The minimum atomic E-state index is -0.454. The maximum Gasteiger partial charge on any atom is 0.154 e. The van der Waals surface area contributed by atoms with Crippen LogP contribution < -0.4 is 0 Å². The number of rotatable bonds is 8. The smallest absolute Gasteiger partial charge is 0.154 e. The first kappa shape index (κ1) is 52.4. The van der Waals surface area contributed by atoms with Gasteiger partial charge in [0.2, 0.25) is 0 Å². The van der Waals surface area contributed by atoms with E-state index in [1.54, 1.807) is 0 Å². The Morgan fingerprint density at radius 1 is 0.382 bits per heavy atom. The molecular formula is C40H80O15. The third-order valence-electron chi connectivity index (χ3n) is 9.64. The van der Waals surface area contributed by atoms with Crippen LogP contribution in [0, 0.1) is 11.8 Å². The summed E-state index contributed by atoms with van der Waals surface area (Å²) in [6.07, 6.45) is 17.7. The van der Waals surface area contributed by atoms with E-state index < -0.39 is 6.29 Å². The number of aliphatic hydroxyl groups excluding tert-OH is 7. The Morgan fingerprint density at radius 3 is 1.09 bits per heavy atom. The van der Waals surface area contributed by atoms with Crippen LogP contribution in [0.3, 0.4) is 0 Å². The van der Waals surface area contributed by atoms with Gasteiger partial charge in [-0.3, -0.25) is 0 Å². The monoisotopic (exact) mass is 801 g/mol. The molecule has 8 atom stereocenters. The topological polar surface area (TPSA) is 219 Å². The van der Waals surface area contributed by atoms with Gasteiger partial charge in [-0.2, -0.15) is 0 Å². The molecule has 8 rings (SSSR count). The third kappa shape index (κ3) is 31.1. The molecule has 7 N–H and O–H groups in total. The Labute approximate surface area is 330 Å². The number of epoxide rings is 1. The van der Waals surface area contributed by atoms with E-state index >= 15 is 0 Å². The van der Waals surface area contributed by atoms with Gasteiger partial charge in [-0.05, 0) is 83.5 Å². The van der Waals surface area contributed by atoms with Crippen molar-refractivity contribution in [2.24, 2.45) is 11.8 Å². The third-order valence-corrected chi connectivity index (χ3v) is 9.64. The van der Waals surface area contributed by atoms with Crippen LogP contribution in [0.2, 0.25) is 0 Å². The second kappa shape index (κ2) is 37.7. The first-order chi connectivity index (χ1) is 26.9. The first-order valence-corrected chi connectivity index (χ1v) is 21.1. The fraction of sp³-hybridized carbons (Fsp3) is 1.00. The Hall–Kier alpha value is -0.600. The van der Waals surface area contributed by atoms with Gasteiger partial charge in [0.15, 0.2) is 6.29 Å². The minimum absolute atomic E-state index is 0.142. The quantitative estimate of drug-likeness (QED) is 0.175. The van der Waals surface area contributed by atoms with E-state index in [0.717, 1.165) is 130 Å². The molecule has 8 heterocycles. The summed E-state index contributed by atoms with van der Waals surface area (Å²) in [5.74, 6) is 0.851. The van der Waals surface area contributed by atoms with Crippen molar-refractivity contribution in [3.8, 4) is 0 Å². The maximum atomic E-state index is 8.61. The molecule has 0 bridgehead atoms. The Morgan fingerprint density at radius 2 is 0.836 bits per heavy atom. The van der Waals surface area contributed by atoms with Crippen molar-refractivity contribution in [1.29, 1.82) is 0 Å². The van der Waals surface area contributed by atoms with E-state index in [0.29, 0.717) is 31.2 Å². The molecular weight excluding hydrogens is 720 g/mol. The van der Waals surface area contributed by atoms with Crippen LogP contribution in [0.5, 0.6) is 0 Å². The molecule has 8 saturated heterocycles. The van der Waals surface area contributed by atoms with Crippen LogP contribution in [0.25, 0.3) is 0 Å². The van der Waals surface area contributed by atoms with Gasteiger partial charge in [-0.25, -0.2) is 0 Å². The van der Waals surface area contributed by atoms with Gasteiger partial charge in [0, 0.05) is 77.7 Å². The van der Waals surface area contributed by atoms with E-state index in [9.17, 15) is 0 Å². The molecule has 330 valence electrons. The molecule has 8 unspecified atom stereocenters. The molecule has 0 amide bonds. The number of ether oxygens (including phenoxy) is 8. The molecule has 0 saturated carbocycles. The second-order valence-electron chi connectivity index (χ2n) is 14.7. The fourth-order valence-corrected chi connectivity index (χ4v) is 5.78. The van der Waals surface area contributed by atoms with Crippen LogP contribution in [-0.4, -0.2) is 178 Å². The number of hydrogen-bond donors (Lipinski definition) is 7. The summed E-state index contributed by atoms with van der Waals surface area (Å²) in [6, 6.07) is 0. The highest BCUT2D eigenvalue weighted by Gasteiger charge is 2.20. The van der Waals surface area contributed by atoms with Crippen molar-refractivity contribution in [1.82, 2.24) is 0 Å². The van der Waals surface area contributed by atoms with Crippen molar-refractivity contribution in [3.63, 3.8) is 0 Å². The summed E-state index contributed by atoms with van der Waals surface area (Å²) in [5.41, 5.74) is 0. The van der Waals surface area contributed by atoms with Gasteiger partial charge >= 0.3 is 0 Å². The van der Waals surface area contributed by atoms with Gasteiger partial charge in [0.25, 0.3) is 0 Å². The zero-order valence-electron chi connectivity index (χ0n) is 33.9. The SMILES string of the molecule is CCCC1CCCO1.OC1CCCO1.OCC1CCCCO1.OCC1CCCO1.OCC1CCCOC1.OCC1CCO1.OCC1CCOC1.OCC1CO1. The van der Waals surface area contributed by atoms with E-state index in [2.05, 4.69) is 11.7 Å². The molecule has 15 nitrogen and oxygen atoms in total. The van der Waals surface area contributed by atoms with Crippen LogP contribution >= 0.6 is 0 Å². The van der Waals surface area contributed by atoms with Crippen molar-refractivity contribution in [3.05, 3.63) is 0 Å². The van der Waals surface area contributed by atoms with Gasteiger partial charge in [0.05, 0.1) is 70.7 Å². The minimum Gasteiger partial charge on any atom is -0.396 e. The molecule has 0 aromatic heterocycles. The standard InChI is InChI=1S/C7H14O.2C6H12O2.2C5H10O2.2C4H8O2.C3H6O2/c1-2-4-7-5-3-6-8-7;7-4-6-2-1-3-8-5-6;7-5-6-3-1-2-4-8-6;6-3-5-1-2-7-4-5;6-4-5-2-1-3-7-5;5-3-4-1-2-6-4;5-4-2-1-3-6-4;4-1-3-2-5-3/h7H,2-6H2,1H3;2*6-7H,1-5H2;2*5-6H,1-4H2;2*4-5H,1-3H2;3-4H,1-2H2. The summed E-state index contributed by atoms with van der Waals surface area (Å²) in [4.78, 5) is 0. The van der Waals surface area contributed by atoms with Crippen molar-refractivity contribution in [2.45, 2.75) is 140 Å². The lowest BCUT2D eigenvalue weighted by molar-refractivity contribution is -0.0773. The number of hydrogen-bond acceptors (Lipinski definition) is 15. The summed E-state index contributed by atoms with van der Waals surface area (Å²) in [6.45, 7) is 11.8. The average molecular weight is 801 g/mol. The normalized spacial score (nSPS) is 31.4. The lowest BCUT2D eigenvalue weighted by Gasteiger charge is -2.23. The Kier molecular flexibility index (Phi) is 35.9. The van der Waals surface area contributed by atoms with Crippen molar-refractivity contribution >= 4 is 0 Å². The van der Waals surface area contributed by atoms with E-state index in [1.807, 2.05) is 0 Å². The molecule has 55 heavy (non-hydrogen) atoms. The molecule has 15 heteroatoms. The van der Waals surface area contributed by atoms with Crippen LogP contribution in [0.15, 0.2) is 0 Å². The first-order valence-electron chi connectivity index (χ1n) is 21.1. The fourth-order valence-electron chi connectivity index (χ4n) is 5.78. The molecule has 0 radical (unpaired) electrons. The number of aliphatic hydroxyl groups is 7. The van der Waals surface area contributed by atoms with Gasteiger partial charge in [0.1, 0.15) is 6.10 Å². The molecule has 0 aliphatic carbocycles. The highest BCUT2D eigenvalue weighted by Crippen LogP contribution is 2.16. The van der Waals surface area contributed by atoms with Crippen LogP contribution in [0.4, 0.5) is 0 Å². The Balaban J connectivity index is 0.000000315. The predicted molar refractivity (Wildman–Crippen MR) is 207 cm³/mol. The zero-order chi connectivity index (χ0) is 40.2. The highest BCUT2D eigenvalue weighted by molar-refractivity contribution is 4.66.